The Labute approximate surface area is 212 Å². The third kappa shape index (κ3) is 6.22. The second-order valence-corrected chi connectivity index (χ2v) is 10.0. The van der Waals surface area contributed by atoms with Gasteiger partial charge in [-0.1, -0.05) is 25.4 Å². The summed E-state index contributed by atoms with van der Waals surface area (Å²) in [4.78, 5) is 39.2. The first-order valence-electron chi connectivity index (χ1n) is 11.6. The number of aliphatic hydroxyl groups is 2. The fraction of sp³-hybridized carbons (Fsp3) is 0.500. The molecule has 2 heterocycles. The number of likely N-dealkylation sites (tertiary alicyclic amines) is 1. The van der Waals surface area contributed by atoms with E-state index in [0.717, 1.165) is 23.8 Å². The smallest absolute Gasteiger partial charge is 0.335 e. The largest absolute Gasteiger partial charge is 0.479 e. The van der Waals surface area contributed by atoms with Crippen LogP contribution in [0.3, 0.4) is 0 Å². The minimum Gasteiger partial charge on any atom is -0.479 e. The van der Waals surface area contributed by atoms with Crippen LogP contribution >= 0.6 is 11.6 Å². The van der Waals surface area contributed by atoms with E-state index in [1.54, 1.807) is 18.3 Å². The molecule has 1 saturated heterocycles. The molecule has 36 heavy (non-hydrogen) atoms. The Bertz CT molecular complexity index is 1110. The number of benzene rings is 1. The Morgan fingerprint density at radius 3 is 2.28 bits per heavy atom. The number of halogens is 1. The zero-order valence-electron chi connectivity index (χ0n) is 20.0. The van der Waals surface area contributed by atoms with E-state index in [0.29, 0.717) is 33.6 Å². The number of rotatable bonds is 8. The number of carbonyl (C=O) groups is 3. The molecule has 4 atom stereocenters. The second-order valence-electron chi connectivity index (χ2n) is 9.60. The van der Waals surface area contributed by atoms with Crippen LogP contribution in [0.2, 0.25) is 5.02 Å². The van der Waals surface area contributed by atoms with Gasteiger partial charge in [-0.05, 0) is 41.9 Å². The molecule has 1 amide bonds. The van der Waals surface area contributed by atoms with E-state index < -0.39 is 24.1 Å². The Kier molecular flexibility index (Phi) is 8.72. The number of carboxylic acids is 2. The van der Waals surface area contributed by atoms with Gasteiger partial charge in [-0.15, -0.1) is 0 Å². The Morgan fingerprint density at radius 2 is 1.75 bits per heavy atom. The quantitative estimate of drug-likeness (QED) is 0.272. The van der Waals surface area contributed by atoms with Crippen molar-refractivity contribution in [3.8, 4) is 0 Å². The molecule has 2 aromatic rings. The molecule has 0 spiro atoms. The predicted octanol–water partition coefficient (Wildman–Crippen LogP) is 0.911. The van der Waals surface area contributed by atoms with Gasteiger partial charge in [-0.2, -0.15) is 0 Å². The molecule has 2 aliphatic rings. The maximum absolute atomic E-state index is 12.7. The van der Waals surface area contributed by atoms with Crippen LogP contribution in [0.5, 0.6) is 0 Å². The average molecular weight is 523 g/mol. The SMILES string of the molecule is CC(C)CN1CC2C(CNC(=O)c3cc(Cl)c(N)c4cccnc34)C2C1.O=C(O)C(O)C(O)C(=O)O. The molecule has 1 aliphatic heterocycles. The van der Waals surface area contributed by atoms with Crippen LogP contribution in [-0.2, 0) is 9.59 Å². The molecule has 7 N–H and O–H groups in total. The molecule has 1 saturated carbocycles. The van der Waals surface area contributed by atoms with Crippen molar-refractivity contribution >= 4 is 46.0 Å². The first kappa shape index (κ1) is 27.6. The zero-order chi connectivity index (χ0) is 26.7. The van der Waals surface area contributed by atoms with E-state index in [-0.39, 0.29) is 5.91 Å². The lowest BCUT2D eigenvalue weighted by Crippen LogP contribution is -2.39. The third-order valence-electron chi connectivity index (χ3n) is 6.50. The first-order valence-corrected chi connectivity index (χ1v) is 11.9. The van der Waals surface area contributed by atoms with Crippen molar-refractivity contribution in [3.63, 3.8) is 0 Å². The standard InChI is InChI=1S/C20H25ClN4O.C4H6O6/c1-11(2)8-25-9-15-14(16(15)10-25)7-24-20(26)13-6-17(21)18(22)12-4-3-5-23-19(12)13;5-1(3(7)8)2(6)4(9)10/h3-6,11,14-16H,7-10,22H2,1-2H3,(H,24,26);1-2,5-6H,(H,7,8)(H,9,10). The van der Waals surface area contributed by atoms with Crippen molar-refractivity contribution in [2.45, 2.75) is 26.1 Å². The van der Waals surface area contributed by atoms with E-state index in [1.807, 2.05) is 6.07 Å². The molecule has 1 aromatic heterocycles. The molecule has 0 radical (unpaired) electrons. The van der Waals surface area contributed by atoms with Crippen molar-refractivity contribution in [2.75, 3.05) is 31.9 Å². The monoisotopic (exact) mass is 522 g/mol. The molecule has 0 bridgehead atoms. The normalized spacial score (nSPS) is 22.3. The van der Waals surface area contributed by atoms with Crippen LogP contribution in [0.4, 0.5) is 5.69 Å². The van der Waals surface area contributed by atoms with Gasteiger partial charge in [0.05, 0.1) is 21.8 Å². The van der Waals surface area contributed by atoms with Crippen LogP contribution in [0.15, 0.2) is 24.4 Å². The highest BCUT2D eigenvalue weighted by Crippen LogP contribution is 2.51. The summed E-state index contributed by atoms with van der Waals surface area (Å²) in [5.74, 6) is -0.880. The summed E-state index contributed by atoms with van der Waals surface area (Å²) in [7, 11) is 0. The molecule has 1 aliphatic carbocycles. The lowest BCUT2D eigenvalue weighted by Gasteiger charge is -2.21. The van der Waals surface area contributed by atoms with Crippen LogP contribution in [0, 0.1) is 23.7 Å². The summed E-state index contributed by atoms with van der Waals surface area (Å²) < 4.78 is 0. The van der Waals surface area contributed by atoms with Gasteiger partial charge in [0.15, 0.2) is 12.2 Å². The van der Waals surface area contributed by atoms with Gasteiger partial charge in [0.25, 0.3) is 5.91 Å². The van der Waals surface area contributed by atoms with Gasteiger partial charge >= 0.3 is 11.9 Å². The Hall–Kier alpha value is -2.99. The number of nitrogens with zero attached hydrogens (tertiary/aromatic N) is 2. The van der Waals surface area contributed by atoms with Crippen LogP contribution in [0.1, 0.15) is 24.2 Å². The van der Waals surface area contributed by atoms with E-state index in [4.69, 9.17) is 37.8 Å². The minimum absolute atomic E-state index is 0.125. The number of amides is 1. The predicted molar refractivity (Wildman–Crippen MR) is 133 cm³/mol. The number of aliphatic hydroxyl groups excluding tert-OH is 2. The van der Waals surface area contributed by atoms with Gasteiger partial charge in [0, 0.05) is 37.8 Å². The van der Waals surface area contributed by atoms with Gasteiger partial charge < -0.3 is 36.4 Å². The molecular formula is C24H31ClN4O7. The summed E-state index contributed by atoms with van der Waals surface area (Å²) in [5.41, 5.74) is 7.58. The minimum atomic E-state index is -2.27. The Morgan fingerprint density at radius 1 is 1.17 bits per heavy atom. The van der Waals surface area contributed by atoms with Crippen molar-refractivity contribution in [2.24, 2.45) is 23.7 Å². The number of piperidine rings is 1. The third-order valence-corrected chi connectivity index (χ3v) is 6.81. The zero-order valence-corrected chi connectivity index (χ0v) is 20.7. The molecule has 4 unspecified atom stereocenters. The van der Waals surface area contributed by atoms with Gasteiger partial charge in [-0.25, -0.2) is 9.59 Å². The summed E-state index contributed by atoms with van der Waals surface area (Å²) >= 11 is 6.21. The molecule has 1 aromatic carbocycles. The number of nitrogen functional groups attached to an aromatic ring is 1. The van der Waals surface area contributed by atoms with Gasteiger partial charge in [0.1, 0.15) is 0 Å². The number of carbonyl (C=O) groups excluding carboxylic acids is 1. The first-order chi connectivity index (χ1) is 16.9. The Balaban J connectivity index is 0.000000308. The van der Waals surface area contributed by atoms with E-state index in [2.05, 4.69) is 29.0 Å². The van der Waals surface area contributed by atoms with Crippen LogP contribution in [-0.4, -0.2) is 86.5 Å². The number of nitrogens with one attached hydrogen (secondary N) is 1. The fourth-order valence-electron chi connectivity index (χ4n) is 4.69. The second kappa shape index (κ2) is 11.4. The van der Waals surface area contributed by atoms with Crippen molar-refractivity contribution in [3.05, 3.63) is 35.0 Å². The summed E-state index contributed by atoms with van der Waals surface area (Å²) in [6.07, 6.45) is -2.86. The highest BCUT2D eigenvalue weighted by molar-refractivity contribution is 6.35. The number of aromatic nitrogens is 1. The van der Waals surface area contributed by atoms with Crippen molar-refractivity contribution < 1.29 is 34.8 Å². The number of hydrogen-bond acceptors (Lipinski definition) is 8. The fourth-order valence-corrected chi connectivity index (χ4v) is 4.90. The van der Waals surface area contributed by atoms with Crippen LogP contribution in [0.25, 0.3) is 10.9 Å². The average Bonchev–Trinajstić information content (AvgIpc) is 3.29. The number of aliphatic carboxylic acids is 2. The van der Waals surface area contributed by atoms with Crippen molar-refractivity contribution in [1.82, 2.24) is 15.2 Å². The van der Waals surface area contributed by atoms with Crippen LogP contribution < -0.4 is 11.1 Å². The topological polar surface area (TPSA) is 186 Å². The van der Waals surface area contributed by atoms with E-state index in [9.17, 15) is 14.4 Å². The molecule has 11 nitrogen and oxygen atoms in total. The number of pyridine rings is 1. The van der Waals surface area contributed by atoms with Crippen molar-refractivity contribution in [1.29, 1.82) is 0 Å². The summed E-state index contributed by atoms with van der Waals surface area (Å²) in [5, 5.41) is 36.7. The highest BCUT2D eigenvalue weighted by atomic mass is 35.5. The molecule has 2 fully saturated rings. The number of hydrogen-bond donors (Lipinski definition) is 6. The number of fused-ring (bicyclic) bond motifs is 2. The number of anilines is 1. The maximum Gasteiger partial charge on any atom is 0.335 e. The molecule has 4 rings (SSSR count). The summed E-state index contributed by atoms with van der Waals surface area (Å²) in [6.45, 7) is 8.76. The number of nitrogens with two attached hydrogens (primary N) is 1. The highest BCUT2D eigenvalue weighted by Gasteiger charge is 2.55. The van der Waals surface area contributed by atoms with Gasteiger partial charge in [0.2, 0.25) is 0 Å². The molecule has 12 heteroatoms. The molecule has 196 valence electrons. The van der Waals surface area contributed by atoms with E-state index in [1.165, 1.54) is 19.6 Å². The summed E-state index contributed by atoms with van der Waals surface area (Å²) in [6, 6.07) is 5.26. The maximum atomic E-state index is 12.7. The lowest BCUT2D eigenvalue weighted by atomic mass is 10.1. The van der Waals surface area contributed by atoms with Gasteiger partial charge in [-0.3, -0.25) is 9.78 Å². The molecular weight excluding hydrogens is 492 g/mol. The number of carboxylic acid groups (broad SMARTS) is 2. The lowest BCUT2D eigenvalue weighted by molar-refractivity contribution is -0.165. The van der Waals surface area contributed by atoms with E-state index >= 15 is 0 Å².